The number of oxime groups is 1. The summed E-state index contributed by atoms with van der Waals surface area (Å²) in [5, 5.41) is 29.8. The number of phosphoric ester groups is 3. The van der Waals surface area contributed by atoms with Gasteiger partial charge >= 0.3 is 23.5 Å². The third-order valence-electron chi connectivity index (χ3n) is 6.87. The minimum absolute atomic E-state index is 0.0332. The number of carbonyl (C=O) groups is 2. The van der Waals surface area contributed by atoms with Crippen LogP contribution < -0.4 is 16.4 Å². The number of imidazole rings is 1. The molecular weight excluding hydrogens is 753 g/mol. The summed E-state index contributed by atoms with van der Waals surface area (Å²) in [4.78, 5) is 79.7. The van der Waals surface area contributed by atoms with E-state index in [1.165, 1.54) is 21.0 Å². The van der Waals surface area contributed by atoms with E-state index < -0.39 is 84.6 Å². The quantitative estimate of drug-likeness (QED) is 0.0440. The summed E-state index contributed by atoms with van der Waals surface area (Å²) >= 11 is 0. The summed E-state index contributed by atoms with van der Waals surface area (Å²) in [7, 11) is -15.0. The number of hydrogen-bond acceptors (Lipinski definition) is 18. The first-order valence-electron chi connectivity index (χ1n) is 14.5. The summed E-state index contributed by atoms with van der Waals surface area (Å²) in [5.74, 6) is -1.45. The Bertz CT molecular complexity index is 1720. The lowest BCUT2D eigenvalue weighted by molar-refractivity contribution is -0.137. The van der Waals surface area contributed by atoms with E-state index in [4.69, 9.17) is 19.5 Å². The number of phosphoric acid groups is 3. The zero-order valence-corrected chi connectivity index (χ0v) is 30.1. The van der Waals surface area contributed by atoms with Gasteiger partial charge in [0.05, 0.1) is 31.8 Å². The van der Waals surface area contributed by atoms with Crippen LogP contribution in [-0.4, -0.2) is 125 Å². The van der Waals surface area contributed by atoms with Crippen LogP contribution in [0.3, 0.4) is 0 Å². The van der Waals surface area contributed by atoms with Crippen molar-refractivity contribution < 1.29 is 80.5 Å². The standard InChI is InChI=1S/C23H39N8O17P3/c1-12(30-43-4)7-26-14(32)5-6-25-21(35)18(34)23(2,3)9-45-51(41,42)48-50(39,40)44-8-13-17(47-49(36,37)38)16(33)22(46-13)31-11-29-15-19(24)27-10-28-20(15)31/h10-11,13,16-18,22,33-34H,5-9H2,1-4H3,(H,25,35)(H,26,32)(H,39,40)(H,41,42)(H2,24,27,28)(H2,36,37,38)/b30-12+/t13?,16-,17?,18?,22?/m0/s1. The highest BCUT2D eigenvalue weighted by molar-refractivity contribution is 7.61. The van der Waals surface area contributed by atoms with Crippen molar-refractivity contribution in [2.45, 2.75) is 57.8 Å². The Labute approximate surface area is 288 Å². The second-order valence-corrected chi connectivity index (χ2v) is 15.7. The van der Waals surface area contributed by atoms with Gasteiger partial charge in [0.1, 0.15) is 43.4 Å². The van der Waals surface area contributed by atoms with Gasteiger partial charge in [0, 0.05) is 18.4 Å². The number of nitrogens with one attached hydrogen (secondary N) is 2. The van der Waals surface area contributed by atoms with Crippen LogP contribution in [0, 0.1) is 5.41 Å². The van der Waals surface area contributed by atoms with E-state index >= 15 is 0 Å². The van der Waals surface area contributed by atoms with Crippen molar-refractivity contribution in [2.75, 3.05) is 39.1 Å². The van der Waals surface area contributed by atoms with Gasteiger partial charge < -0.3 is 55.7 Å². The molecule has 0 aliphatic carbocycles. The molecule has 1 fully saturated rings. The van der Waals surface area contributed by atoms with Crippen molar-refractivity contribution in [1.82, 2.24) is 30.2 Å². The fourth-order valence-corrected chi connectivity index (χ4v) is 7.18. The molecule has 2 amide bonds. The van der Waals surface area contributed by atoms with Crippen LogP contribution in [0.5, 0.6) is 0 Å². The maximum atomic E-state index is 12.6. The number of nitrogen functional groups attached to an aromatic ring is 1. The van der Waals surface area contributed by atoms with E-state index in [0.717, 1.165) is 17.2 Å². The van der Waals surface area contributed by atoms with Crippen LogP contribution in [0.1, 0.15) is 33.4 Å². The number of hydrogen-bond donors (Lipinski definition) is 9. The maximum Gasteiger partial charge on any atom is 0.481 e. The molecule has 10 N–H and O–H groups in total. The van der Waals surface area contributed by atoms with E-state index in [-0.39, 0.29) is 36.5 Å². The van der Waals surface area contributed by atoms with E-state index in [0.29, 0.717) is 5.71 Å². The molecule has 25 nitrogen and oxygen atoms in total. The summed E-state index contributed by atoms with van der Waals surface area (Å²) in [6, 6.07) is 0. The van der Waals surface area contributed by atoms with E-state index in [1.54, 1.807) is 6.92 Å². The molecule has 3 heterocycles. The number of nitrogens with zero attached hydrogens (tertiary/aromatic N) is 5. The lowest BCUT2D eigenvalue weighted by atomic mass is 9.87. The number of nitrogens with two attached hydrogens (primary N) is 1. The van der Waals surface area contributed by atoms with Gasteiger partial charge in [0.25, 0.3) is 0 Å². The van der Waals surface area contributed by atoms with Crippen LogP contribution >= 0.6 is 23.5 Å². The van der Waals surface area contributed by atoms with Gasteiger partial charge in [0.2, 0.25) is 11.8 Å². The molecule has 1 aliphatic heterocycles. The number of fused-ring (bicyclic) bond motifs is 1. The number of aromatic nitrogens is 4. The summed E-state index contributed by atoms with van der Waals surface area (Å²) in [6.45, 7) is 2.03. The minimum Gasteiger partial charge on any atom is -0.399 e. The van der Waals surface area contributed by atoms with Crippen LogP contribution in [0.25, 0.3) is 11.2 Å². The highest BCUT2D eigenvalue weighted by Crippen LogP contribution is 2.61. The lowest BCUT2D eigenvalue weighted by Crippen LogP contribution is -2.46. The number of amides is 2. The molecule has 0 aromatic carbocycles. The molecule has 51 heavy (non-hydrogen) atoms. The van der Waals surface area contributed by atoms with Crippen LogP contribution in [0.2, 0.25) is 0 Å². The average molecular weight is 793 g/mol. The third-order valence-corrected chi connectivity index (χ3v) is 9.97. The van der Waals surface area contributed by atoms with Gasteiger partial charge in [-0.05, 0) is 6.92 Å². The fraction of sp³-hybridized carbons (Fsp3) is 0.652. The van der Waals surface area contributed by atoms with E-state index in [2.05, 4.69) is 44.4 Å². The second-order valence-electron chi connectivity index (χ2n) is 11.5. The normalized spacial score (nSPS) is 23.0. The molecule has 288 valence electrons. The van der Waals surface area contributed by atoms with Crippen molar-refractivity contribution in [3.8, 4) is 0 Å². The predicted molar refractivity (Wildman–Crippen MR) is 170 cm³/mol. The van der Waals surface area contributed by atoms with Gasteiger partial charge in [-0.1, -0.05) is 19.0 Å². The first-order valence-corrected chi connectivity index (χ1v) is 19.0. The number of aliphatic hydroxyl groups is 2. The molecule has 28 heteroatoms. The Hall–Kier alpha value is -2.99. The summed E-state index contributed by atoms with van der Waals surface area (Å²) < 4.78 is 61.9. The number of ether oxygens (including phenoxy) is 1. The Morgan fingerprint density at radius 3 is 2.43 bits per heavy atom. The average Bonchev–Trinajstić information content (AvgIpc) is 3.58. The van der Waals surface area contributed by atoms with Crippen LogP contribution in [0.4, 0.5) is 5.82 Å². The molecule has 7 atom stereocenters. The number of aliphatic hydroxyl groups excluding tert-OH is 2. The van der Waals surface area contributed by atoms with Crippen LogP contribution in [-0.2, 0) is 50.7 Å². The third kappa shape index (κ3) is 12.3. The number of anilines is 1. The fourth-order valence-electron chi connectivity index (χ4n) is 4.35. The molecule has 2 aromatic heterocycles. The molecule has 0 saturated carbocycles. The highest BCUT2D eigenvalue weighted by Gasteiger charge is 2.50. The van der Waals surface area contributed by atoms with Gasteiger partial charge in [-0.25, -0.2) is 28.6 Å². The second kappa shape index (κ2) is 17.2. The zero-order valence-electron chi connectivity index (χ0n) is 27.4. The van der Waals surface area contributed by atoms with Gasteiger partial charge in [0.15, 0.2) is 17.7 Å². The Morgan fingerprint density at radius 2 is 1.78 bits per heavy atom. The topological polar surface area (TPSA) is 368 Å². The van der Waals surface area contributed by atoms with Crippen molar-refractivity contribution in [3.05, 3.63) is 12.7 Å². The monoisotopic (exact) mass is 792 g/mol. The van der Waals surface area contributed by atoms with Gasteiger partial charge in [-0.15, -0.1) is 0 Å². The Morgan fingerprint density at radius 1 is 1.12 bits per heavy atom. The molecule has 6 unspecified atom stereocenters. The minimum atomic E-state index is -5.55. The molecule has 0 radical (unpaired) electrons. The van der Waals surface area contributed by atoms with Gasteiger partial charge in [-0.3, -0.25) is 27.7 Å². The molecule has 0 bridgehead atoms. The van der Waals surface area contributed by atoms with Crippen molar-refractivity contribution in [2.24, 2.45) is 10.6 Å². The molecule has 2 aromatic rings. The lowest BCUT2D eigenvalue weighted by Gasteiger charge is -2.30. The Kier molecular flexibility index (Phi) is 14.3. The Balaban J connectivity index is 1.57. The highest BCUT2D eigenvalue weighted by atomic mass is 31.3. The first kappa shape index (κ1) is 42.4. The van der Waals surface area contributed by atoms with Crippen molar-refractivity contribution in [1.29, 1.82) is 0 Å². The van der Waals surface area contributed by atoms with E-state index in [1.807, 2.05) is 0 Å². The molecule has 0 spiro atoms. The summed E-state index contributed by atoms with van der Waals surface area (Å²) in [5.41, 5.74) is 4.76. The summed E-state index contributed by atoms with van der Waals surface area (Å²) in [6.07, 6.45) is -6.87. The molecule has 1 aliphatic rings. The zero-order chi connectivity index (χ0) is 38.4. The van der Waals surface area contributed by atoms with Gasteiger partial charge in [-0.2, -0.15) is 4.31 Å². The molecule has 3 rings (SSSR count). The SMILES string of the molecule is CO/N=C(\C)CNC(=O)CCNC(=O)C(O)C(C)(C)COP(=O)(O)OP(=O)(O)OCC1OC(n2cnc3c(N)ncnc32)[C@@H](O)C1OP(=O)(O)O. The number of rotatable bonds is 19. The van der Waals surface area contributed by atoms with E-state index in [9.17, 15) is 53.1 Å². The van der Waals surface area contributed by atoms with Crippen molar-refractivity contribution in [3.63, 3.8) is 0 Å². The molecular formula is C23H39N8O17P3. The smallest absolute Gasteiger partial charge is 0.399 e. The first-order chi connectivity index (χ1) is 23.6. The largest absolute Gasteiger partial charge is 0.481 e. The van der Waals surface area contributed by atoms with Crippen molar-refractivity contribution >= 4 is 58.0 Å². The maximum absolute atomic E-state index is 12.6. The molecule has 1 saturated heterocycles. The van der Waals surface area contributed by atoms with Crippen LogP contribution in [0.15, 0.2) is 17.8 Å². The number of carbonyl (C=O) groups excluding carboxylic acids is 2. The predicted octanol–water partition coefficient (Wildman–Crippen LogP) is -1.57.